The molecule has 136 valence electrons. The lowest BCUT2D eigenvalue weighted by molar-refractivity contribution is -0.258. The minimum Gasteiger partial charge on any atom is -0.376 e. The highest BCUT2D eigenvalue weighted by Crippen LogP contribution is 2.53. The number of aliphatic hydroxyl groups is 1. The van der Waals surface area contributed by atoms with E-state index in [9.17, 15) is 18.3 Å². The van der Waals surface area contributed by atoms with E-state index in [0.717, 1.165) is 25.3 Å². The molecule has 0 spiro atoms. The van der Waals surface area contributed by atoms with Crippen molar-refractivity contribution in [2.75, 3.05) is 0 Å². The van der Waals surface area contributed by atoms with E-state index in [2.05, 4.69) is 10.2 Å². The molecule has 2 heterocycles. The summed E-state index contributed by atoms with van der Waals surface area (Å²) in [5.74, 6) is 0.564. The van der Waals surface area contributed by atoms with Crippen LogP contribution in [0.4, 0.5) is 13.2 Å². The number of nitrogens with zero attached hydrogens (tertiary/aromatic N) is 3. The van der Waals surface area contributed by atoms with Crippen molar-refractivity contribution in [1.29, 1.82) is 0 Å². The Hall–Kier alpha value is -2.12. The monoisotopic (exact) mass is 381 g/mol. The van der Waals surface area contributed by atoms with E-state index in [1.165, 1.54) is 16.5 Å². The summed E-state index contributed by atoms with van der Waals surface area (Å²) in [6, 6.07) is 10.0. The summed E-state index contributed by atoms with van der Waals surface area (Å²) in [6.45, 7) is 0.725. The number of benzene rings is 1. The van der Waals surface area contributed by atoms with Crippen LogP contribution in [-0.4, -0.2) is 25.9 Å². The maximum Gasteiger partial charge on any atom is 0.421 e. The fourth-order valence-corrected chi connectivity index (χ4v) is 3.44. The smallest absolute Gasteiger partial charge is 0.376 e. The summed E-state index contributed by atoms with van der Waals surface area (Å²) in [5.41, 5.74) is -2.74. The van der Waals surface area contributed by atoms with Crippen molar-refractivity contribution in [3.63, 3.8) is 0 Å². The van der Waals surface area contributed by atoms with Crippen molar-refractivity contribution in [2.45, 2.75) is 37.0 Å². The second-order valence-electron chi connectivity index (χ2n) is 6.80. The minimum absolute atomic E-state index is 0.00469. The average molecular weight is 382 g/mol. The van der Waals surface area contributed by atoms with Crippen LogP contribution in [0.1, 0.15) is 36.7 Å². The lowest BCUT2D eigenvalue weighted by Gasteiger charge is -2.26. The van der Waals surface area contributed by atoms with Gasteiger partial charge in [0.1, 0.15) is 5.82 Å². The summed E-state index contributed by atoms with van der Waals surface area (Å²) in [5, 5.41) is 18.8. The Kier molecular flexibility index (Phi) is 3.62. The number of aromatic nitrogens is 3. The number of fused-ring (bicyclic) bond motifs is 1. The van der Waals surface area contributed by atoms with E-state index in [4.69, 9.17) is 11.6 Å². The van der Waals surface area contributed by atoms with Gasteiger partial charge < -0.3 is 5.11 Å². The Morgan fingerprint density at radius 3 is 2.35 bits per heavy atom. The summed E-state index contributed by atoms with van der Waals surface area (Å²) in [6.07, 6.45) is -1.57. The molecule has 1 N–H and O–H groups in total. The van der Waals surface area contributed by atoms with Crippen LogP contribution in [0.3, 0.4) is 0 Å². The van der Waals surface area contributed by atoms with Gasteiger partial charge in [0.05, 0.1) is 5.41 Å². The molecule has 8 heteroatoms. The molecule has 3 aromatic rings. The first-order valence-electron chi connectivity index (χ1n) is 8.07. The molecule has 0 saturated heterocycles. The summed E-state index contributed by atoms with van der Waals surface area (Å²) in [4.78, 5) is 0. The van der Waals surface area contributed by atoms with Gasteiger partial charge in [0.2, 0.25) is 0 Å². The second-order valence-corrected chi connectivity index (χ2v) is 7.23. The van der Waals surface area contributed by atoms with E-state index >= 15 is 0 Å². The number of halogens is 4. The minimum atomic E-state index is -4.82. The Morgan fingerprint density at radius 1 is 1.12 bits per heavy atom. The Bertz CT molecular complexity index is 976. The van der Waals surface area contributed by atoms with Crippen molar-refractivity contribution >= 4 is 17.2 Å². The Balaban J connectivity index is 1.87. The largest absolute Gasteiger partial charge is 0.421 e. The Morgan fingerprint density at radius 2 is 1.77 bits per heavy atom. The van der Waals surface area contributed by atoms with Crippen LogP contribution in [0.2, 0.25) is 5.02 Å². The van der Waals surface area contributed by atoms with Gasteiger partial charge >= 0.3 is 6.18 Å². The number of pyridine rings is 1. The molecule has 0 bridgehead atoms. The second kappa shape index (κ2) is 5.44. The number of hydrogen-bond acceptors (Lipinski definition) is 3. The average Bonchev–Trinajstić information content (AvgIpc) is 3.26. The SMILES string of the molecule is CC(O)(c1cccn2c(C3(c4ccc(Cl)cc4)CC3)nnc12)C(F)(F)F. The number of hydrogen-bond donors (Lipinski definition) is 1. The predicted molar refractivity (Wildman–Crippen MR) is 90.1 cm³/mol. The molecule has 1 fully saturated rings. The first-order valence-corrected chi connectivity index (χ1v) is 8.44. The van der Waals surface area contributed by atoms with Crippen molar-refractivity contribution < 1.29 is 18.3 Å². The molecule has 1 unspecified atom stereocenters. The highest BCUT2D eigenvalue weighted by Gasteiger charge is 2.54. The molecule has 1 atom stereocenters. The predicted octanol–water partition coefficient (Wildman–Crippen LogP) is 4.23. The molecule has 1 aromatic carbocycles. The summed E-state index contributed by atoms with van der Waals surface area (Å²) in [7, 11) is 0. The molecule has 4 nitrogen and oxygen atoms in total. The zero-order chi connectivity index (χ0) is 18.7. The topological polar surface area (TPSA) is 50.4 Å². The van der Waals surface area contributed by atoms with Gasteiger partial charge in [-0.2, -0.15) is 13.2 Å². The fraction of sp³-hybridized carbons (Fsp3) is 0.333. The Labute approximate surface area is 152 Å². The van der Waals surface area contributed by atoms with Gasteiger partial charge in [0.15, 0.2) is 11.2 Å². The molecule has 1 aliphatic carbocycles. The molecule has 4 rings (SSSR count). The molecule has 0 amide bonds. The van der Waals surface area contributed by atoms with Gasteiger partial charge in [-0.25, -0.2) is 0 Å². The van der Waals surface area contributed by atoms with Gasteiger partial charge in [-0.3, -0.25) is 4.40 Å². The molecule has 2 aromatic heterocycles. The van der Waals surface area contributed by atoms with Crippen molar-refractivity contribution in [3.8, 4) is 0 Å². The summed E-state index contributed by atoms with van der Waals surface area (Å²) < 4.78 is 41.4. The van der Waals surface area contributed by atoms with E-state index < -0.39 is 17.2 Å². The molecule has 0 radical (unpaired) electrons. The standard InChI is InChI=1S/C18H15ClF3N3O/c1-16(26,18(20,21)22)13-3-2-10-25-14(13)23-24-15(25)17(8-9-17)11-4-6-12(19)7-5-11/h2-7,10,26H,8-9H2,1H3. The van der Waals surface area contributed by atoms with Crippen molar-refractivity contribution in [1.82, 2.24) is 14.6 Å². The van der Waals surface area contributed by atoms with Crippen LogP contribution in [0.5, 0.6) is 0 Å². The van der Waals surface area contributed by atoms with Crippen LogP contribution in [0.15, 0.2) is 42.6 Å². The van der Waals surface area contributed by atoms with Crippen molar-refractivity contribution in [3.05, 3.63) is 64.6 Å². The highest BCUT2D eigenvalue weighted by molar-refractivity contribution is 6.30. The van der Waals surface area contributed by atoms with Crippen LogP contribution in [0, 0.1) is 0 Å². The molecule has 0 aliphatic heterocycles. The van der Waals surface area contributed by atoms with Crippen LogP contribution >= 0.6 is 11.6 Å². The lowest BCUT2D eigenvalue weighted by atomic mass is 9.94. The van der Waals surface area contributed by atoms with Crippen molar-refractivity contribution in [2.24, 2.45) is 0 Å². The van der Waals surface area contributed by atoms with E-state index in [-0.39, 0.29) is 11.2 Å². The van der Waals surface area contributed by atoms with Gasteiger partial charge in [0.25, 0.3) is 0 Å². The van der Waals surface area contributed by atoms with Crippen LogP contribution < -0.4 is 0 Å². The zero-order valence-corrected chi connectivity index (χ0v) is 14.5. The molecule has 26 heavy (non-hydrogen) atoms. The van der Waals surface area contributed by atoms with E-state index in [0.29, 0.717) is 10.8 Å². The van der Waals surface area contributed by atoms with Gasteiger partial charge in [-0.1, -0.05) is 29.8 Å². The number of rotatable bonds is 3. The molecular formula is C18H15ClF3N3O. The van der Waals surface area contributed by atoms with Gasteiger partial charge in [0, 0.05) is 16.8 Å². The quantitative estimate of drug-likeness (QED) is 0.738. The molecule has 1 saturated carbocycles. The first-order chi connectivity index (χ1) is 12.2. The summed E-state index contributed by atoms with van der Waals surface area (Å²) >= 11 is 5.95. The van der Waals surface area contributed by atoms with Gasteiger partial charge in [-0.15, -0.1) is 10.2 Å². The highest BCUT2D eigenvalue weighted by atomic mass is 35.5. The van der Waals surface area contributed by atoms with Gasteiger partial charge in [-0.05, 0) is 43.5 Å². The van der Waals surface area contributed by atoms with E-state index in [1.807, 2.05) is 12.1 Å². The fourth-order valence-electron chi connectivity index (χ4n) is 3.31. The maximum absolute atomic E-state index is 13.3. The number of alkyl halides is 3. The zero-order valence-electron chi connectivity index (χ0n) is 13.8. The van der Waals surface area contributed by atoms with E-state index in [1.54, 1.807) is 18.3 Å². The molecule has 1 aliphatic rings. The third-order valence-corrected chi connectivity index (χ3v) is 5.34. The lowest BCUT2D eigenvalue weighted by Crippen LogP contribution is -2.39. The van der Waals surface area contributed by atoms with Crippen LogP contribution in [-0.2, 0) is 11.0 Å². The third-order valence-electron chi connectivity index (χ3n) is 5.09. The maximum atomic E-state index is 13.3. The third kappa shape index (κ3) is 2.41. The normalized spacial score (nSPS) is 18.7. The molecular weight excluding hydrogens is 367 g/mol. The first kappa shape index (κ1) is 17.3. The van der Waals surface area contributed by atoms with Crippen LogP contribution in [0.25, 0.3) is 5.65 Å².